The molecule has 2 aromatic carbocycles. The normalized spacial score (nSPS) is 11.0. The molecule has 0 fully saturated rings. The van der Waals surface area contributed by atoms with Crippen molar-refractivity contribution < 1.29 is 22.7 Å². The molecule has 25 heavy (non-hydrogen) atoms. The largest absolute Gasteiger partial charge is 0.452 e. The van der Waals surface area contributed by atoms with E-state index in [0.717, 1.165) is 6.07 Å². The molecule has 0 aromatic heterocycles. The first-order chi connectivity index (χ1) is 11.7. The van der Waals surface area contributed by atoms with Crippen molar-refractivity contribution in [3.05, 3.63) is 58.1 Å². The molecule has 7 nitrogen and oxygen atoms in total. The molecule has 1 amide bonds. The average molecular weight is 403 g/mol. The maximum atomic E-state index is 11.9. The van der Waals surface area contributed by atoms with Crippen LogP contribution in [0, 0.1) is 0 Å². The van der Waals surface area contributed by atoms with E-state index in [1.165, 1.54) is 18.2 Å². The van der Waals surface area contributed by atoms with Gasteiger partial charge in [-0.1, -0.05) is 29.3 Å². The number of rotatable bonds is 5. The van der Waals surface area contributed by atoms with Crippen LogP contribution in [-0.2, 0) is 19.6 Å². The lowest BCUT2D eigenvalue weighted by Crippen LogP contribution is -2.21. The highest BCUT2D eigenvalue weighted by molar-refractivity contribution is 7.89. The van der Waals surface area contributed by atoms with Crippen molar-refractivity contribution in [2.24, 2.45) is 5.14 Å². The maximum Gasteiger partial charge on any atom is 0.338 e. The SMILES string of the molecule is NS(=O)(=O)c1cc(C(=O)OCC(=O)Nc2cccc(Cl)c2)ccc1Cl. The zero-order valence-electron chi connectivity index (χ0n) is 12.5. The molecule has 0 saturated carbocycles. The third-order valence-electron chi connectivity index (χ3n) is 2.92. The number of hydrogen-bond acceptors (Lipinski definition) is 5. The first-order valence-electron chi connectivity index (χ1n) is 6.72. The molecule has 3 N–H and O–H groups in total. The second-order valence-electron chi connectivity index (χ2n) is 4.82. The van der Waals surface area contributed by atoms with E-state index in [1.807, 2.05) is 0 Å². The highest BCUT2D eigenvalue weighted by Gasteiger charge is 2.18. The Balaban J connectivity index is 2.02. The summed E-state index contributed by atoms with van der Waals surface area (Å²) in [6.07, 6.45) is 0. The summed E-state index contributed by atoms with van der Waals surface area (Å²) in [5.74, 6) is -1.49. The van der Waals surface area contributed by atoms with Gasteiger partial charge in [-0.25, -0.2) is 18.4 Å². The van der Waals surface area contributed by atoms with Crippen LogP contribution < -0.4 is 10.5 Å². The third-order valence-corrected chi connectivity index (χ3v) is 4.54. The minimum Gasteiger partial charge on any atom is -0.452 e. The number of benzene rings is 2. The standard InChI is InChI=1S/C15H12Cl2N2O5S/c16-10-2-1-3-11(7-10)19-14(20)8-24-15(21)9-4-5-12(17)13(6-9)25(18,22)23/h1-7H,8H2,(H,19,20)(H2,18,22,23). The molecule has 2 aromatic rings. The maximum absolute atomic E-state index is 11.9. The average Bonchev–Trinajstić information content (AvgIpc) is 2.52. The van der Waals surface area contributed by atoms with Crippen molar-refractivity contribution in [2.75, 3.05) is 11.9 Å². The van der Waals surface area contributed by atoms with Gasteiger partial charge in [-0.3, -0.25) is 4.79 Å². The minimum atomic E-state index is -4.10. The monoisotopic (exact) mass is 402 g/mol. The Morgan fingerprint density at radius 2 is 1.84 bits per heavy atom. The summed E-state index contributed by atoms with van der Waals surface area (Å²) in [6, 6.07) is 9.86. The van der Waals surface area contributed by atoms with Crippen LogP contribution >= 0.6 is 23.2 Å². The van der Waals surface area contributed by atoms with Crippen molar-refractivity contribution in [1.82, 2.24) is 0 Å². The van der Waals surface area contributed by atoms with Crippen LogP contribution in [0.1, 0.15) is 10.4 Å². The molecule has 132 valence electrons. The van der Waals surface area contributed by atoms with Gasteiger partial charge >= 0.3 is 5.97 Å². The van der Waals surface area contributed by atoms with Gasteiger partial charge in [0, 0.05) is 10.7 Å². The van der Waals surface area contributed by atoms with E-state index in [1.54, 1.807) is 18.2 Å². The number of primary sulfonamides is 1. The number of hydrogen-bond donors (Lipinski definition) is 2. The van der Waals surface area contributed by atoms with Gasteiger partial charge in [-0.15, -0.1) is 0 Å². The molecule has 0 radical (unpaired) electrons. The zero-order chi connectivity index (χ0) is 18.6. The summed E-state index contributed by atoms with van der Waals surface area (Å²) in [7, 11) is -4.10. The van der Waals surface area contributed by atoms with Gasteiger partial charge in [0.1, 0.15) is 4.90 Å². The van der Waals surface area contributed by atoms with Crippen LogP contribution in [0.5, 0.6) is 0 Å². The molecule has 2 rings (SSSR count). The fourth-order valence-electron chi connectivity index (χ4n) is 1.83. The number of sulfonamides is 1. The fourth-order valence-corrected chi connectivity index (χ4v) is 3.09. The van der Waals surface area contributed by atoms with Crippen LogP contribution in [0.3, 0.4) is 0 Å². The Morgan fingerprint density at radius 1 is 1.12 bits per heavy atom. The number of anilines is 1. The van der Waals surface area contributed by atoms with E-state index in [9.17, 15) is 18.0 Å². The van der Waals surface area contributed by atoms with Gasteiger partial charge < -0.3 is 10.1 Å². The Labute approximate surface area is 153 Å². The second-order valence-corrected chi connectivity index (χ2v) is 7.20. The molecular weight excluding hydrogens is 391 g/mol. The number of halogens is 2. The number of nitrogens with two attached hydrogens (primary N) is 1. The molecule has 10 heteroatoms. The summed E-state index contributed by atoms with van der Waals surface area (Å²) in [6.45, 7) is -0.571. The summed E-state index contributed by atoms with van der Waals surface area (Å²) in [5.41, 5.74) is 0.334. The van der Waals surface area contributed by atoms with E-state index in [2.05, 4.69) is 5.32 Å². The second kappa shape index (κ2) is 7.83. The van der Waals surface area contributed by atoms with Crippen molar-refractivity contribution in [1.29, 1.82) is 0 Å². The van der Waals surface area contributed by atoms with Crippen molar-refractivity contribution >= 4 is 50.8 Å². The van der Waals surface area contributed by atoms with Crippen LogP contribution in [0.25, 0.3) is 0 Å². The molecule has 0 aliphatic heterocycles. The number of amides is 1. The summed E-state index contributed by atoms with van der Waals surface area (Å²) < 4.78 is 27.6. The van der Waals surface area contributed by atoms with Gasteiger partial charge in [0.25, 0.3) is 5.91 Å². The quantitative estimate of drug-likeness (QED) is 0.744. The van der Waals surface area contributed by atoms with Crippen LogP contribution in [-0.4, -0.2) is 26.9 Å². The lowest BCUT2D eigenvalue weighted by Gasteiger charge is -2.08. The summed E-state index contributed by atoms with van der Waals surface area (Å²) in [5, 5.41) is 7.81. The summed E-state index contributed by atoms with van der Waals surface area (Å²) in [4.78, 5) is 23.3. The Kier molecular flexibility index (Phi) is 6.02. The van der Waals surface area contributed by atoms with E-state index in [0.29, 0.717) is 10.7 Å². The number of nitrogens with one attached hydrogen (secondary N) is 1. The van der Waals surface area contributed by atoms with Gasteiger partial charge in [0.05, 0.1) is 10.6 Å². The number of carbonyl (C=O) groups is 2. The molecule has 0 heterocycles. The first kappa shape index (κ1) is 19.2. The predicted molar refractivity (Wildman–Crippen MR) is 93.2 cm³/mol. The topological polar surface area (TPSA) is 116 Å². The highest BCUT2D eigenvalue weighted by Crippen LogP contribution is 2.22. The molecule has 0 saturated heterocycles. The third kappa shape index (κ3) is 5.43. The minimum absolute atomic E-state index is 0.107. The van der Waals surface area contributed by atoms with E-state index < -0.39 is 33.4 Å². The highest BCUT2D eigenvalue weighted by atomic mass is 35.5. The number of ether oxygens (including phenoxy) is 1. The predicted octanol–water partition coefficient (Wildman–Crippen LogP) is 2.44. The zero-order valence-corrected chi connectivity index (χ0v) is 14.9. The van der Waals surface area contributed by atoms with Crippen LogP contribution in [0.15, 0.2) is 47.4 Å². The molecule has 0 bridgehead atoms. The molecule has 0 spiro atoms. The van der Waals surface area contributed by atoms with E-state index in [-0.39, 0.29) is 10.6 Å². The molecule has 0 aliphatic carbocycles. The van der Waals surface area contributed by atoms with Crippen molar-refractivity contribution in [3.63, 3.8) is 0 Å². The Morgan fingerprint density at radius 3 is 2.48 bits per heavy atom. The molecule has 0 aliphatic rings. The van der Waals surface area contributed by atoms with Gasteiger partial charge in [0.2, 0.25) is 10.0 Å². The van der Waals surface area contributed by atoms with Crippen LogP contribution in [0.2, 0.25) is 10.0 Å². The fraction of sp³-hybridized carbons (Fsp3) is 0.0667. The van der Waals surface area contributed by atoms with Crippen molar-refractivity contribution in [3.8, 4) is 0 Å². The Hall–Kier alpha value is -2.13. The summed E-state index contributed by atoms with van der Waals surface area (Å²) >= 11 is 11.5. The smallest absolute Gasteiger partial charge is 0.338 e. The molecule has 0 atom stereocenters. The van der Waals surface area contributed by atoms with Gasteiger partial charge in [-0.05, 0) is 36.4 Å². The van der Waals surface area contributed by atoms with Crippen molar-refractivity contribution in [2.45, 2.75) is 4.90 Å². The first-order valence-corrected chi connectivity index (χ1v) is 9.02. The number of esters is 1. The lowest BCUT2D eigenvalue weighted by molar-refractivity contribution is -0.119. The van der Waals surface area contributed by atoms with Gasteiger partial charge in [0.15, 0.2) is 6.61 Å². The van der Waals surface area contributed by atoms with E-state index >= 15 is 0 Å². The molecular formula is C15H12Cl2N2O5S. The van der Waals surface area contributed by atoms with E-state index in [4.69, 9.17) is 33.1 Å². The molecule has 0 unspecified atom stereocenters. The van der Waals surface area contributed by atoms with Gasteiger partial charge in [-0.2, -0.15) is 0 Å². The Bertz CT molecular complexity index is 931. The van der Waals surface area contributed by atoms with Crippen LogP contribution in [0.4, 0.5) is 5.69 Å². The number of carbonyl (C=O) groups excluding carboxylic acids is 2. The lowest BCUT2D eigenvalue weighted by atomic mass is 10.2.